The van der Waals surface area contributed by atoms with E-state index < -0.39 is 0 Å². The highest BCUT2D eigenvalue weighted by molar-refractivity contribution is 5.96. The van der Waals surface area contributed by atoms with E-state index in [-0.39, 0.29) is 5.91 Å². The van der Waals surface area contributed by atoms with E-state index in [1.807, 2.05) is 24.3 Å². The number of nitriles is 1. The fraction of sp³-hybridized carbons (Fsp3) is 0.556. The third-order valence-electron chi connectivity index (χ3n) is 4.99. The summed E-state index contributed by atoms with van der Waals surface area (Å²) in [4.78, 5) is 17.6. The second-order valence-corrected chi connectivity index (χ2v) is 6.64. The van der Waals surface area contributed by atoms with Crippen LogP contribution in [0.25, 0.3) is 0 Å². The van der Waals surface area contributed by atoms with Crippen molar-refractivity contribution in [1.29, 1.82) is 5.26 Å². The van der Waals surface area contributed by atoms with E-state index >= 15 is 0 Å². The first kappa shape index (κ1) is 15.1. The van der Waals surface area contributed by atoms with Crippen LogP contribution in [0.4, 0.5) is 0 Å². The number of piperazine rings is 1. The highest BCUT2D eigenvalue weighted by Gasteiger charge is 2.43. The summed E-state index contributed by atoms with van der Waals surface area (Å²) in [7, 11) is 0. The second kappa shape index (κ2) is 6.10. The summed E-state index contributed by atoms with van der Waals surface area (Å²) in [6, 6.07) is 10.9. The molecule has 0 spiro atoms. The van der Waals surface area contributed by atoms with Gasteiger partial charge in [0.05, 0.1) is 12.5 Å². The first-order valence-corrected chi connectivity index (χ1v) is 8.13. The van der Waals surface area contributed by atoms with Crippen LogP contribution in [-0.2, 0) is 6.42 Å². The Kier molecular flexibility index (Phi) is 4.17. The van der Waals surface area contributed by atoms with Crippen LogP contribution in [-0.4, -0.2) is 46.9 Å². The molecule has 2 unspecified atom stereocenters. The van der Waals surface area contributed by atoms with E-state index in [1.165, 1.54) is 0 Å². The van der Waals surface area contributed by atoms with Crippen molar-refractivity contribution in [2.75, 3.05) is 13.1 Å². The van der Waals surface area contributed by atoms with Crippen LogP contribution < -0.4 is 0 Å². The van der Waals surface area contributed by atoms with Crippen LogP contribution in [0.5, 0.6) is 0 Å². The molecule has 2 fully saturated rings. The molecule has 1 aromatic rings. The lowest BCUT2D eigenvalue weighted by Gasteiger charge is -2.43. The molecule has 4 nitrogen and oxygen atoms in total. The normalized spacial score (nSPS) is 24.5. The SMILES string of the molecule is CC(C)N1CC2CCC(C1)N2C(=O)c1ccccc1CC#N. The van der Waals surface area contributed by atoms with Crippen LogP contribution in [0.1, 0.15) is 42.6 Å². The van der Waals surface area contributed by atoms with Gasteiger partial charge >= 0.3 is 0 Å². The minimum absolute atomic E-state index is 0.113. The van der Waals surface area contributed by atoms with Crippen molar-refractivity contribution in [2.45, 2.75) is 51.2 Å². The van der Waals surface area contributed by atoms with Crippen LogP contribution in [0.3, 0.4) is 0 Å². The molecule has 2 bridgehead atoms. The summed E-state index contributed by atoms with van der Waals surface area (Å²) in [6.07, 6.45) is 2.49. The van der Waals surface area contributed by atoms with E-state index in [2.05, 4.69) is 29.7 Å². The molecule has 4 heteroatoms. The van der Waals surface area contributed by atoms with E-state index in [4.69, 9.17) is 5.26 Å². The molecule has 2 saturated heterocycles. The third kappa shape index (κ3) is 2.62. The maximum absolute atomic E-state index is 13.0. The maximum atomic E-state index is 13.0. The standard InChI is InChI=1S/C18H23N3O/c1-13(2)20-11-15-7-8-16(12-20)21(15)18(22)17-6-4-3-5-14(17)9-10-19/h3-6,13,15-16H,7-9,11-12H2,1-2H3. The van der Waals surface area contributed by atoms with E-state index in [1.54, 1.807) is 0 Å². The van der Waals surface area contributed by atoms with E-state index in [0.717, 1.165) is 31.5 Å². The van der Waals surface area contributed by atoms with Crippen molar-refractivity contribution in [2.24, 2.45) is 0 Å². The monoisotopic (exact) mass is 297 g/mol. The average Bonchev–Trinajstić information content (AvgIpc) is 2.77. The van der Waals surface area contributed by atoms with E-state index in [0.29, 0.717) is 30.1 Å². The number of carbonyl (C=O) groups excluding carboxylic acids is 1. The Hall–Kier alpha value is -1.86. The van der Waals surface area contributed by atoms with Crippen molar-refractivity contribution in [1.82, 2.24) is 9.80 Å². The summed E-state index contributed by atoms with van der Waals surface area (Å²) < 4.78 is 0. The predicted molar refractivity (Wildman–Crippen MR) is 85.4 cm³/mol. The molecule has 0 aromatic heterocycles. The molecule has 1 aromatic carbocycles. The lowest BCUT2D eigenvalue weighted by Crippen LogP contribution is -2.57. The van der Waals surface area contributed by atoms with Gasteiger partial charge in [-0.25, -0.2) is 0 Å². The first-order valence-electron chi connectivity index (χ1n) is 8.13. The molecule has 0 saturated carbocycles. The van der Waals surface area contributed by atoms with Gasteiger partial charge in [-0.3, -0.25) is 9.69 Å². The van der Waals surface area contributed by atoms with Gasteiger partial charge < -0.3 is 4.90 Å². The number of fused-ring (bicyclic) bond motifs is 2. The van der Waals surface area contributed by atoms with E-state index in [9.17, 15) is 4.79 Å². The van der Waals surface area contributed by atoms with Gasteiger partial charge in [-0.2, -0.15) is 5.26 Å². The molecule has 2 atom stereocenters. The lowest BCUT2D eigenvalue weighted by atomic mass is 10.0. The third-order valence-corrected chi connectivity index (χ3v) is 4.99. The number of carbonyl (C=O) groups is 1. The number of benzene rings is 1. The Balaban J connectivity index is 1.84. The molecular formula is C18H23N3O. The predicted octanol–water partition coefficient (Wildman–Crippen LogP) is 2.45. The molecule has 0 N–H and O–H groups in total. The number of nitrogens with zero attached hydrogens (tertiary/aromatic N) is 3. The lowest BCUT2D eigenvalue weighted by molar-refractivity contribution is 0.0349. The van der Waals surface area contributed by atoms with Gasteiger partial charge in [0.15, 0.2) is 0 Å². The molecule has 22 heavy (non-hydrogen) atoms. The Morgan fingerprint density at radius 1 is 1.27 bits per heavy atom. The van der Waals surface area contributed by atoms with Gasteiger partial charge in [0.2, 0.25) is 0 Å². The van der Waals surface area contributed by atoms with Crippen molar-refractivity contribution >= 4 is 5.91 Å². The Morgan fingerprint density at radius 2 is 1.91 bits per heavy atom. The number of amides is 1. The summed E-state index contributed by atoms with van der Waals surface area (Å²) in [5.74, 6) is 0.113. The van der Waals surface area contributed by atoms with Crippen LogP contribution in [0, 0.1) is 11.3 Å². The molecule has 2 heterocycles. The summed E-state index contributed by atoms with van der Waals surface area (Å²) >= 11 is 0. The number of rotatable bonds is 3. The zero-order valence-corrected chi connectivity index (χ0v) is 13.3. The van der Waals surface area contributed by atoms with Crippen LogP contribution in [0.15, 0.2) is 24.3 Å². The maximum Gasteiger partial charge on any atom is 0.254 e. The van der Waals surface area contributed by atoms with Gasteiger partial charge in [0.25, 0.3) is 5.91 Å². The Bertz CT molecular complexity index is 591. The van der Waals surface area contributed by atoms with Gasteiger partial charge in [0.1, 0.15) is 0 Å². The fourth-order valence-corrected chi connectivity index (χ4v) is 3.80. The molecule has 116 valence electrons. The summed E-state index contributed by atoms with van der Waals surface area (Å²) in [5, 5.41) is 8.97. The quantitative estimate of drug-likeness (QED) is 0.861. The number of hydrogen-bond acceptors (Lipinski definition) is 3. The molecule has 0 radical (unpaired) electrons. The smallest absolute Gasteiger partial charge is 0.254 e. The van der Waals surface area contributed by atoms with Gasteiger partial charge in [-0.05, 0) is 38.3 Å². The minimum atomic E-state index is 0.113. The summed E-state index contributed by atoms with van der Waals surface area (Å²) in [5.41, 5.74) is 1.56. The van der Waals surface area contributed by atoms with Gasteiger partial charge in [-0.15, -0.1) is 0 Å². The zero-order valence-electron chi connectivity index (χ0n) is 13.3. The number of likely N-dealkylation sites (tertiary alicyclic amines) is 1. The highest BCUT2D eigenvalue weighted by atomic mass is 16.2. The fourth-order valence-electron chi connectivity index (χ4n) is 3.80. The van der Waals surface area contributed by atoms with Crippen LogP contribution in [0.2, 0.25) is 0 Å². The molecule has 1 amide bonds. The average molecular weight is 297 g/mol. The molecule has 2 aliphatic rings. The van der Waals surface area contributed by atoms with Crippen molar-refractivity contribution in [3.8, 4) is 6.07 Å². The Morgan fingerprint density at radius 3 is 2.50 bits per heavy atom. The minimum Gasteiger partial charge on any atom is -0.330 e. The molecule has 2 aliphatic heterocycles. The zero-order chi connectivity index (χ0) is 15.7. The second-order valence-electron chi connectivity index (χ2n) is 6.64. The largest absolute Gasteiger partial charge is 0.330 e. The van der Waals surface area contributed by atoms with Crippen molar-refractivity contribution in [3.05, 3.63) is 35.4 Å². The first-order chi connectivity index (χ1) is 10.6. The highest BCUT2D eigenvalue weighted by Crippen LogP contribution is 2.32. The number of hydrogen-bond donors (Lipinski definition) is 0. The molecule has 3 rings (SSSR count). The summed E-state index contributed by atoms with van der Waals surface area (Å²) in [6.45, 7) is 6.39. The van der Waals surface area contributed by atoms with Crippen LogP contribution >= 0.6 is 0 Å². The molecular weight excluding hydrogens is 274 g/mol. The topological polar surface area (TPSA) is 47.3 Å². The van der Waals surface area contributed by atoms with Gasteiger partial charge in [0, 0.05) is 36.8 Å². The van der Waals surface area contributed by atoms with Gasteiger partial charge in [-0.1, -0.05) is 18.2 Å². The van der Waals surface area contributed by atoms with Crippen molar-refractivity contribution in [3.63, 3.8) is 0 Å². The Labute approximate surface area is 132 Å². The molecule has 0 aliphatic carbocycles. The van der Waals surface area contributed by atoms with Crippen molar-refractivity contribution < 1.29 is 4.79 Å².